The number of hydrogen-bond acceptors (Lipinski definition) is 8. The topological polar surface area (TPSA) is 128 Å². The molecule has 0 aliphatic rings. The Hall–Kier alpha value is -2.83. The van der Waals surface area contributed by atoms with Crippen molar-refractivity contribution in [3.63, 3.8) is 0 Å². The Labute approximate surface area is 200 Å². The number of aromatic nitrogens is 2. The molecule has 1 rings (SSSR count). The van der Waals surface area contributed by atoms with Crippen molar-refractivity contribution in [1.29, 1.82) is 0 Å². The van der Waals surface area contributed by atoms with Crippen LogP contribution in [0.3, 0.4) is 0 Å². The summed E-state index contributed by atoms with van der Waals surface area (Å²) >= 11 is 0. The first-order valence-electron chi connectivity index (χ1n) is 12.6. The summed E-state index contributed by atoms with van der Waals surface area (Å²) < 4.78 is 7.72. The molecule has 1 aromatic rings. The van der Waals surface area contributed by atoms with Gasteiger partial charge in [0.2, 0.25) is 12.2 Å². The lowest BCUT2D eigenvalue weighted by molar-refractivity contribution is 0.273. The highest BCUT2D eigenvalue weighted by Gasteiger charge is 2.19. The smallest absolute Gasteiger partial charge is 0.375 e. The number of isocyanates is 2. The van der Waals surface area contributed by atoms with Gasteiger partial charge in [0.15, 0.2) is 0 Å². The predicted octanol–water partition coefficient (Wildman–Crippen LogP) is 3.79. The Kier molecular flexibility index (Phi) is 16.0. The Bertz CT molecular complexity index is 981. The van der Waals surface area contributed by atoms with Crippen molar-refractivity contribution in [3.05, 3.63) is 26.7 Å². The maximum atomic E-state index is 13.3. The average molecular weight is 478 g/mol. The molecule has 10 heteroatoms. The molecule has 0 saturated heterocycles. The maximum Gasteiger partial charge on any atom is 0.425 e. The Morgan fingerprint density at radius 3 is 2.15 bits per heavy atom. The second kappa shape index (κ2) is 18.6. The van der Waals surface area contributed by atoms with Crippen molar-refractivity contribution in [2.24, 2.45) is 15.0 Å². The molecule has 0 aliphatic carbocycles. The molecule has 0 fully saturated rings. The Morgan fingerprint density at radius 2 is 1.47 bits per heavy atom. The van der Waals surface area contributed by atoms with Crippen molar-refractivity contribution < 1.29 is 14.0 Å². The molecule has 34 heavy (non-hydrogen) atoms. The van der Waals surface area contributed by atoms with E-state index < -0.39 is 17.6 Å². The summed E-state index contributed by atoms with van der Waals surface area (Å²) in [5, 5.41) is 0. The minimum Gasteiger partial charge on any atom is -0.375 e. The van der Waals surface area contributed by atoms with E-state index in [9.17, 15) is 19.2 Å². The SMILES string of the molecule is CCCCCCCN=c1oc(=O)n(CCCCCCN=C=O)c(=O)n1C(CCCCC)N=C=O. The van der Waals surface area contributed by atoms with Crippen LogP contribution in [0.5, 0.6) is 0 Å². The van der Waals surface area contributed by atoms with Gasteiger partial charge in [-0.1, -0.05) is 65.2 Å². The molecule has 0 aromatic carbocycles. The largest absolute Gasteiger partial charge is 0.425 e. The van der Waals surface area contributed by atoms with E-state index in [4.69, 9.17) is 4.42 Å². The molecule has 0 aliphatic heterocycles. The molecular weight excluding hydrogens is 438 g/mol. The summed E-state index contributed by atoms with van der Waals surface area (Å²) in [6, 6.07) is 0. The molecule has 1 aromatic heterocycles. The lowest BCUT2D eigenvalue weighted by atomic mass is 10.1. The number of unbranched alkanes of at least 4 members (excludes halogenated alkanes) is 9. The Morgan fingerprint density at radius 1 is 0.824 bits per heavy atom. The van der Waals surface area contributed by atoms with Gasteiger partial charge in [0, 0.05) is 13.1 Å². The first-order chi connectivity index (χ1) is 16.6. The third kappa shape index (κ3) is 10.9. The average Bonchev–Trinajstić information content (AvgIpc) is 2.82. The maximum absolute atomic E-state index is 13.3. The van der Waals surface area contributed by atoms with Gasteiger partial charge in [-0.3, -0.25) is 0 Å². The fraction of sp³-hybridized carbons (Fsp3) is 0.792. The van der Waals surface area contributed by atoms with Crippen molar-refractivity contribution in [2.45, 2.75) is 110 Å². The monoisotopic (exact) mass is 477 g/mol. The third-order valence-electron chi connectivity index (χ3n) is 5.58. The van der Waals surface area contributed by atoms with Gasteiger partial charge < -0.3 is 4.42 Å². The van der Waals surface area contributed by atoms with E-state index in [-0.39, 0.29) is 12.2 Å². The molecule has 0 N–H and O–H groups in total. The summed E-state index contributed by atoms with van der Waals surface area (Å²) in [6.45, 7) is 5.23. The number of carbonyl (C=O) groups excluding carboxylic acids is 2. The number of aliphatic imine (C=N–C) groups is 2. The molecule has 0 amide bonds. The van der Waals surface area contributed by atoms with Crippen LogP contribution in [0.1, 0.15) is 103 Å². The first-order valence-corrected chi connectivity index (χ1v) is 12.6. The van der Waals surface area contributed by atoms with Gasteiger partial charge in [-0.2, -0.15) is 4.99 Å². The molecule has 10 nitrogen and oxygen atoms in total. The fourth-order valence-electron chi connectivity index (χ4n) is 3.66. The summed E-state index contributed by atoms with van der Waals surface area (Å²) in [7, 11) is 0. The van der Waals surface area contributed by atoms with Crippen molar-refractivity contribution >= 4 is 12.2 Å². The van der Waals surface area contributed by atoms with E-state index >= 15 is 0 Å². The van der Waals surface area contributed by atoms with Crippen LogP contribution in [0.2, 0.25) is 0 Å². The molecule has 0 radical (unpaired) electrons. The summed E-state index contributed by atoms with van der Waals surface area (Å²) in [5.41, 5.74) is -0.666. The van der Waals surface area contributed by atoms with E-state index in [1.54, 1.807) is 6.08 Å². The van der Waals surface area contributed by atoms with Crippen LogP contribution in [-0.2, 0) is 16.1 Å². The van der Waals surface area contributed by atoms with Crippen LogP contribution in [0.15, 0.2) is 29.0 Å². The quantitative estimate of drug-likeness (QED) is 0.170. The van der Waals surface area contributed by atoms with Crippen molar-refractivity contribution in [1.82, 2.24) is 9.13 Å². The lowest BCUT2D eigenvalue weighted by Crippen LogP contribution is -2.48. The lowest BCUT2D eigenvalue weighted by Gasteiger charge is -2.15. The zero-order valence-electron chi connectivity index (χ0n) is 20.7. The van der Waals surface area contributed by atoms with Crippen molar-refractivity contribution in [2.75, 3.05) is 13.1 Å². The molecule has 1 heterocycles. The normalized spacial score (nSPS) is 12.2. The van der Waals surface area contributed by atoms with E-state index in [0.717, 1.165) is 75.2 Å². The molecule has 190 valence electrons. The van der Waals surface area contributed by atoms with Crippen LogP contribution in [-0.4, -0.2) is 34.4 Å². The molecule has 0 spiro atoms. The van der Waals surface area contributed by atoms with E-state index in [1.165, 1.54) is 10.6 Å². The van der Waals surface area contributed by atoms with E-state index in [1.807, 2.05) is 0 Å². The number of rotatable bonds is 19. The highest BCUT2D eigenvalue weighted by atomic mass is 16.4. The predicted molar refractivity (Wildman–Crippen MR) is 129 cm³/mol. The van der Waals surface area contributed by atoms with Gasteiger partial charge in [0.25, 0.3) is 0 Å². The number of nitrogens with zero attached hydrogens (tertiary/aromatic N) is 5. The summed E-state index contributed by atoms with van der Waals surface area (Å²) in [5.74, 6) is -0.765. The second-order valence-corrected chi connectivity index (χ2v) is 8.33. The zero-order chi connectivity index (χ0) is 25.0. The summed E-state index contributed by atoms with van der Waals surface area (Å²) in [6.07, 6.45) is 13.5. The standard InChI is InChI=1S/C24H39N5O5/c1-3-5-7-8-13-17-26-22-29(21(27-20-31)15-11-6-4-2)23(32)28(24(33)34-22)18-14-10-9-12-16-25-19-30/h21H,3-18H2,1-2H3. The van der Waals surface area contributed by atoms with Gasteiger partial charge in [-0.15, -0.1) is 0 Å². The molecule has 1 atom stereocenters. The van der Waals surface area contributed by atoms with Gasteiger partial charge in [-0.25, -0.2) is 38.3 Å². The Balaban J connectivity index is 3.16. The molecular formula is C24H39N5O5. The van der Waals surface area contributed by atoms with E-state index in [2.05, 4.69) is 28.8 Å². The molecule has 0 bridgehead atoms. The van der Waals surface area contributed by atoms with Crippen LogP contribution < -0.4 is 17.1 Å². The molecule has 1 unspecified atom stereocenters. The van der Waals surface area contributed by atoms with Gasteiger partial charge in [0.1, 0.15) is 6.17 Å². The van der Waals surface area contributed by atoms with Crippen molar-refractivity contribution in [3.8, 4) is 0 Å². The highest BCUT2D eigenvalue weighted by Crippen LogP contribution is 2.13. The fourth-order valence-corrected chi connectivity index (χ4v) is 3.66. The van der Waals surface area contributed by atoms with Gasteiger partial charge in [-0.05, 0) is 32.1 Å². The highest BCUT2D eigenvalue weighted by molar-refractivity contribution is 5.33. The van der Waals surface area contributed by atoms with Crippen LogP contribution >= 0.6 is 0 Å². The summed E-state index contributed by atoms with van der Waals surface area (Å²) in [4.78, 5) is 58.8. The first kappa shape index (κ1) is 29.2. The third-order valence-corrected chi connectivity index (χ3v) is 5.58. The second-order valence-electron chi connectivity index (χ2n) is 8.33. The van der Waals surface area contributed by atoms with Crippen LogP contribution in [0, 0.1) is 0 Å². The van der Waals surface area contributed by atoms with Gasteiger partial charge >= 0.3 is 17.1 Å². The minimum atomic E-state index is -0.813. The van der Waals surface area contributed by atoms with E-state index in [0.29, 0.717) is 25.9 Å². The molecule has 0 saturated carbocycles. The number of hydrogen-bond donors (Lipinski definition) is 0. The minimum absolute atomic E-state index is 0.0889. The van der Waals surface area contributed by atoms with Crippen LogP contribution in [0.4, 0.5) is 0 Å². The zero-order valence-corrected chi connectivity index (χ0v) is 20.7. The van der Waals surface area contributed by atoms with Gasteiger partial charge in [0.05, 0.1) is 6.54 Å². The van der Waals surface area contributed by atoms with Crippen LogP contribution in [0.25, 0.3) is 0 Å².